The van der Waals surface area contributed by atoms with E-state index in [4.69, 9.17) is 0 Å². The average molecular weight is 323 g/mol. The maximum atomic E-state index is 13.5. The van der Waals surface area contributed by atoms with Gasteiger partial charge in [-0.25, -0.2) is 13.8 Å². The van der Waals surface area contributed by atoms with Crippen LogP contribution in [0.3, 0.4) is 0 Å². The SMILES string of the molecule is CC1=Nc2c(c(=O)[nH]n2C(C)C)C(c2ccc(F)c(F)c2)S1. The standard InChI is InChI=1S/C15H15F2N3OS/c1-7(2)20-14-12(15(21)19-20)13(22-8(3)18-14)9-4-5-10(16)11(17)6-9/h4-7,13H,1-3H3,(H,19,21). The van der Waals surface area contributed by atoms with Gasteiger partial charge in [0.1, 0.15) is 0 Å². The van der Waals surface area contributed by atoms with Gasteiger partial charge in [-0.05, 0) is 38.5 Å². The quantitative estimate of drug-likeness (QED) is 0.910. The normalized spacial score (nSPS) is 17.5. The fourth-order valence-corrected chi connectivity index (χ4v) is 3.59. The van der Waals surface area contributed by atoms with Gasteiger partial charge in [0.05, 0.1) is 15.9 Å². The lowest BCUT2D eigenvalue weighted by molar-refractivity contribution is 0.507. The fourth-order valence-electron chi connectivity index (χ4n) is 2.49. The van der Waals surface area contributed by atoms with Crippen LogP contribution in [0.5, 0.6) is 0 Å². The van der Waals surface area contributed by atoms with Gasteiger partial charge >= 0.3 is 0 Å². The molecule has 0 radical (unpaired) electrons. The molecule has 1 aliphatic rings. The van der Waals surface area contributed by atoms with Crippen LogP contribution in [0, 0.1) is 11.6 Å². The second-order valence-electron chi connectivity index (χ2n) is 5.44. The third-order valence-corrected chi connectivity index (χ3v) is 4.69. The molecule has 0 fully saturated rings. The molecule has 3 rings (SSSR count). The predicted octanol–water partition coefficient (Wildman–Crippen LogP) is 3.92. The van der Waals surface area contributed by atoms with Gasteiger partial charge in [0, 0.05) is 6.04 Å². The predicted molar refractivity (Wildman–Crippen MR) is 84.0 cm³/mol. The van der Waals surface area contributed by atoms with Crippen LogP contribution < -0.4 is 5.56 Å². The molecule has 1 aromatic heterocycles. The van der Waals surface area contributed by atoms with Gasteiger partial charge in [-0.15, -0.1) is 0 Å². The van der Waals surface area contributed by atoms with E-state index >= 15 is 0 Å². The number of hydrogen-bond donors (Lipinski definition) is 1. The largest absolute Gasteiger partial charge is 0.271 e. The molecule has 0 aliphatic carbocycles. The highest BCUT2D eigenvalue weighted by atomic mass is 32.2. The Balaban J connectivity index is 2.19. The lowest BCUT2D eigenvalue weighted by Gasteiger charge is -2.21. The van der Waals surface area contributed by atoms with E-state index in [1.165, 1.54) is 17.8 Å². The summed E-state index contributed by atoms with van der Waals surface area (Å²) in [5.74, 6) is -1.26. The Morgan fingerprint density at radius 1 is 1.32 bits per heavy atom. The van der Waals surface area contributed by atoms with Crippen molar-refractivity contribution in [3.8, 4) is 0 Å². The van der Waals surface area contributed by atoms with Crippen molar-refractivity contribution in [2.75, 3.05) is 0 Å². The van der Waals surface area contributed by atoms with E-state index < -0.39 is 16.9 Å². The first-order valence-corrected chi connectivity index (χ1v) is 7.77. The number of halogens is 2. The van der Waals surface area contributed by atoms with Crippen LogP contribution in [0.1, 0.15) is 43.2 Å². The molecule has 4 nitrogen and oxygen atoms in total. The molecule has 22 heavy (non-hydrogen) atoms. The van der Waals surface area contributed by atoms with Gasteiger partial charge in [0.25, 0.3) is 5.56 Å². The number of hydrogen-bond acceptors (Lipinski definition) is 3. The van der Waals surface area contributed by atoms with Crippen LogP contribution >= 0.6 is 11.8 Å². The van der Waals surface area contributed by atoms with Crippen LogP contribution in [0.4, 0.5) is 14.6 Å². The van der Waals surface area contributed by atoms with Crippen LogP contribution in [0.25, 0.3) is 0 Å². The first-order valence-electron chi connectivity index (χ1n) is 6.89. The minimum absolute atomic E-state index is 0.0432. The third-order valence-electron chi connectivity index (χ3n) is 3.51. The molecule has 0 spiro atoms. The first-order chi connectivity index (χ1) is 10.4. The Labute approximate surface area is 130 Å². The molecule has 1 unspecified atom stereocenters. The van der Waals surface area contributed by atoms with Crippen LogP contribution in [0.15, 0.2) is 28.0 Å². The van der Waals surface area contributed by atoms with Gasteiger partial charge in [-0.3, -0.25) is 14.6 Å². The minimum atomic E-state index is -0.917. The van der Waals surface area contributed by atoms with E-state index in [1.807, 2.05) is 20.8 Å². The molecule has 2 aromatic rings. The number of benzene rings is 1. The summed E-state index contributed by atoms with van der Waals surface area (Å²) >= 11 is 1.36. The topological polar surface area (TPSA) is 50.1 Å². The summed E-state index contributed by atoms with van der Waals surface area (Å²) in [6.07, 6.45) is 0. The molecule has 0 bridgehead atoms. The number of nitrogens with one attached hydrogen (secondary N) is 1. The Hall–Kier alpha value is -1.89. The lowest BCUT2D eigenvalue weighted by atomic mass is 10.1. The lowest BCUT2D eigenvalue weighted by Crippen LogP contribution is -2.13. The number of aliphatic imine (C=N–C) groups is 1. The molecule has 2 heterocycles. The molecule has 0 saturated heterocycles. The fraction of sp³-hybridized carbons (Fsp3) is 0.333. The Morgan fingerprint density at radius 3 is 2.68 bits per heavy atom. The number of aromatic nitrogens is 2. The van der Waals surface area contributed by atoms with Crippen molar-refractivity contribution in [3.63, 3.8) is 0 Å². The van der Waals surface area contributed by atoms with E-state index in [-0.39, 0.29) is 11.6 Å². The van der Waals surface area contributed by atoms with Crippen molar-refractivity contribution >= 4 is 22.6 Å². The van der Waals surface area contributed by atoms with E-state index in [2.05, 4.69) is 10.1 Å². The molecular weight excluding hydrogens is 308 g/mol. The Kier molecular flexibility index (Phi) is 3.68. The number of rotatable bonds is 2. The highest BCUT2D eigenvalue weighted by Crippen LogP contribution is 2.44. The van der Waals surface area contributed by atoms with Gasteiger partial charge in [0.2, 0.25) is 0 Å². The highest BCUT2D eigenvalue weighted by Gasteiger charge is 2.31. The van der Waals surface area contributed by atoms with Gasteiger partial charge in [0.15, 0.2) is 17.5 Å². The van der Waals surface area contributed by atoms with E-state index in [1.54, 1.807) is 4.68 Å². The summed E-state index contributed by atoms with van der Waals surface area (Å²) in [5.41, 5.74) is 0.781. The zero-order chi connectivity index (χ0) is 16.0. The smallest absolute Gasteiger partial charge is 0.268 e. The molecule has 1 N–H and O–H groups in total. The third kappa shape index (κ3) is 2.39. The van der Waals surface area contributed by atoms with Crippen molar-refractivity contribution in [2.24, 2.45) is 4.99 Å². The number of thioether (sulfide) groups is 1. The second-order valence-corrected chi connectivity index (χ2v) is 6.74. The van der Waals surface area contributed by atoms with Crippen LogP contribution in [0.2, 0.25) is 0 Å². The summed E-state index contributed by atoms with van der Waals surface area (Å²) in [7, 11) is 0. The average Bonchev–Trinajstić information content (AvgIpc) is 2.78. The summed E-state index contributed by atoms with van der Waals surface area (Å²) in [6.45, 7) is 5.72. The number of fused-ring (bicyclic) bond motifs is 1. The van der Waals surface area contributed by atoms with E-state index in [0.29, 0.717) is 16.9 Å². The van der Waals surface area contributed by atoms with E-state index in [0.717, 1.165) is 17.2 Å². The number of nitrogens with zero attached hydrogens (tertiary/aromatic N) is 2. The molecule has 116 valence electrons. The summed E-state index contributed by atoms with van der Waals surface area (Å²) in [6, 6.07) is 3.77. The van der Waals surface area contributed by atoms with Crippen LogP contribution in [-0.2, 0) is 0 Å². The highest BCUT2D eigenvalue weighted by molar-refractivity contribution is 8.14. The summed E-state index contributed by atoms with van der Waals surface area (Å²) < 4.78 is 28.4. The van der Waals surface area contributed by atoms with Crippen molar-refractivity contribution in [2.45, 2.75) is 32.1 Å². The summed E-state index contributed by atoms with van der Waals surface area (Å²) in [5, 5.41) is 3.15. The van der Waals surface area contributed by atoms with Crippen LogP contribution in [-0.4, -0.2) is 14.8 Å². The zero-order valence-corrected chi connectivity index (χ0v) is 13.2. The molecule has 1 aliphatic heterocycles. The number of H-pyrrole nitrogens is 1. The minimum Gasteiger partial charge on any atom is -0.268 e. The molecule has 7 heteroatoms. The first kappa shape index (κ1) is 15.0. The second kappa shape index (κ2) is 5.39. The molecular formula is C15H15F2N3OS. The van der Waals surface area contributed by atoms with Crippen molar-refractivity contribution in [1.82, 2.24) is 9.78 Å². The molecule has 0 amide bonds. The van der Waals surface area contributed by atoms with Crippen molar-refractivity contribution < 1.29 is 8.78 Å². The Bertz CT molecular complexity index is 823. The van der Waals surface area contributed by atoms with Gasteiger partial charge in [-0.2, -0.15) is 0 Å². The number of aromatic amines is 1. The maximum Gasteiger partial charge on any atom is 0.271 e. The molecule has 1 aromatic carbocycles. The van der Waals surface area contributed by atoms with Crippen molar-refractivity contribution in [3.05, 3.63) is 51.3 Å². The van der Waals surface area contributed by atoms with Gasteiger partial charge < -0.3 is 0 Å². The summed E-state index contributed by atoms with van der Waals surface area (Å²) in [4.78, 5) is 16.8. The maximum absolute atomic E-state index is 13.5. The Morgan fingerprint density at radius 2 is 2.05 bits per heavy atom. The molecule has 1 atom stereocenters. The monoisotopic (exact) mass is 323 g/mol. The van der Waals surface area contributed by atoms with Crippen molar-refractivity contribution in [1.29, 1.82) is 0 Å². The zero-order valence-electron chi connectivity index (χ0n) is 12.4. The van der Waals surface area contributed by atoms with Gasteiger partial charge in [-0.1, -0.05) is 17.8 Å². The van der Waals surface area contributed by atoms with E-state index in [9.17, 15) is 13.6 Å². The molecule has 0 saturated carbocycles.